The van der Waals surface area contributed by atoms with E-state index in [-0.39, 0.29) is 6.67 Å². The van der Waals surface area contributed by atoms with Crippen molar-refractivity contribution in [2.45, 2.75) is 6.18 Å². The SMILES string of the molecule is O=C1NCN(OC(=O)C(F)(F)F)N1. The maximum Gasteiger partial charge on any atom is 0.492 e. The van der Waals surface area contributed by atoms with Crippen molar-refractivity contribution in [2.75, 3.05) is 6.67 Å². The minimum Gasteiger partial charge on any atom is -0.338 e. The average Bonchev–Trinajstić information content (AvgIpc) is 2.33. The summed E-state index contributed by atoms with van der Waals surface area (Å²) in [5, 5.41) is 2.40. The second kappa shape index (κ2) is 3.09. The number of urea groups is 1. The molecule has 1 saturated heterocycles. The molecule has 0 atom stereocenters. The van der Waals surface area contributed by atoms with E-state index >= 15 is 0 Å². The van der Waals surface area contributed by atoms with E-state index < -0.39 is 18.2 Å². The Morgan fingerprint density at radius 3 is 2.54 bits per heavy atom. The zero-order valence-corrected chi connectivity index (χ0v) is 6.01. The molecular formula is C4H4F3N3O3. The molecule has 0 aliphatic carbocycles. The minimum absolute atomic E-state index is 0.333. The Labute approximate surface area is 69.5 Å². The largest absolute Gasteiger partial charge is 0.492 e. The predicted octanol–water partition coefficient (Wildman–Crippen LogP) is -0.506. The van der Waals surface area contributed by atoms with Gasteiger partial charge in [-0.2, -0.15) is 13.2 Å². The fourth-order valence-corrected chi connectivity index (χ4v) is 0.543. The van der Waals surface area contributed by atoms with Gasteiger partial charge in [0.25, 0.3) is 0 Å². The Morgan fingerprint density at radius 1 is 1.54 bits per heavy atom. The van der Waals surface area contributed by atoms with Crippen LogP contribution in [0.1, 0.15) is 0 Å². The van der Waals surface area contributed by atoms with E-state index in [1.165, 1.54) is 0 Å². The van der Waals surface area contributed by atoms with Crippen molar-refractivity contribution < 1.29 is 27.6 Å². The van der Waals surface area contributed by atoms with Gasteiger partial charge in [-0.25, -0.2) is 15.0 Å². The van der Waals surface area contributed by atoms with Gasteiger partial charge in [0.05, 0.1) is 0 Å². The van der Waals surface area contributed by atoms with Crippen LogP contribution in [-0.2, 0) is 9.63 Å². The smallest absolute Gasteiger partial charge is 0.338 e. The van der Waals surface area contributed by atoms with Crippen LogP contribution in [-0.4, -0.2) is 30.0 Å². The molecule has 0 spiro atoms. The van der Waals surface area contributed by atoms with Crippen LogP contribution in [0, 0.1) is 0 Å². The molecule has 9 heteroatoms. The molecule has 1 heterocycles. The number of hydroxylamine groups is 1. The molecule has 6 nitrogen and oxygen atoms in total. The molecule has 74 valence electrons. The molecule has 1 rings (SSSR count). The van der Waals surface area contributed by atoms with E-state index in [1.54, 1.807) is 5.43 Å². The summed E-state index contributed by atoms with van der Waals surface area (Å²) in [6, 6.07) is -0.741. The summed E-state index contributed by atoms with van der Waals surface area (Å²) in [4.78, 5) is 24.2. The van der Waals surface area contributed by atoms with Gasteiger partial charge in [0, 0.05) is 0 Å². The normalized spacial score (nSPS) is 17.9. The molecule has 1 aliphatic rings. The molecule has 0 unspecified atom stereocenters. The minimum atomic E-state index is -5.08. The van der Waals surface area contributed by atoms with Crippen molar-refractivity contribution >= 4 is 12.0 Å². The summed E-state index contributed by atoms with van der Waals surface area (Å²) in [5.74, 6) is -2.39. The van der Waals surface area contributed by atoms with Gasteiger partial charge >= 0.3 is 18.2 Å². The van der Waals surface area contributed by atoms with Crippen molar-refractivity contribution in [1.29, 1.82) is 0 Å². The zero-order valence-electron chi connectivity index (χ0n) is 6.01. The lowest BCUT2D eigenvalue weighted by molar-refractivity contribution is -0.242. The van der Waals surface area contributed by atoms with E-state index in [2.05, 4.69) is 10.2 Å². The van der Waals surface area contributed by atoms with Gasteiger partial charge in [-0.15, -0.1) is 0 Å². The Kier molecular flexibility index (Phi) is 2.28. The average molecular weight is 199 g/mol. The van der Waals surface area contributed by atoms with Crippen LogP contribution in [0.3, 0.4) is 0 Å². The summed E-state index contributed by atoms with van der Waals surface area (Å²) in [6.07, 6.45) is -5.08. The highest BCUT2D eigenvalue weighted by atomic mass is 19.4. The maximum atomic E-state index is 11.6. The number of amides is 2. The fourth-order valence-electron chi connectivity index (χ4n) is 0.543. The van der Waals surface area contributed by atoms with Crippen LogP contribution in [0.25, 0.3) is 0 Å². The molecule has 1 fully saturated rings. The van der Waals surface area contributed by atoms with Gasteiger partial charge in [-0.3, -0.25) is 0 Å². The van der Waals surface area contributed by atoms with E-state index in [1.807, 2.05) is 0 Å². The number of carbonyl (C=O) groups excluding carboxylic acids is 2. The number of carbonyl (C=O) groups is 2. The molecule has 0 aromatic heterocycles. The summed E-state index contributed by atoms with van der Waals surface area (Å²) >= 11 is 0. The third-order valence-electron chi connectivity index (χ3n) is 1.03. The lowest BCUT2D eigenvalue weighted by atomic mass is 10.7. The Morgan fingerprint density at radius 2 is 2.15 bits per heavy atom. The third kappa shape index (κ3) is 2.47. The van der Waals surface area contributed by atoms with Gasteiger partial charge in [0.1, 0.15) is 6.67 Å². The number of alkyl halides is 3. The first-order valence-corrected chi connectivity index (χ1v) is 3.01. The highest BCUT2D eigenvalue weighted by Gasteiger charge is 2.43. The zero-order chi connectivity index (χ0) is 10.1. The summed E-state index contributed by atoms with van der Waals surface area (Å²) < 4.78 is 34.7. The summed E-state index contributed by atoms with van der Waals surface area (Å²) in [6.45, 7) is -0.333. The molecule has 0 saturated carbocycles. The van der Waals surface area contributed by atoms with Crippen molar-refractivity contribution in [3.8, 4) is 0 Å². The lowest BCUT2D eigenvalue weighted by Gasteiger charge is -2.13. The van der Waals surface area contributed by atoms with Crippen LogP contribution >= 0.6 is 0 Å². The van der Waals surface area contributed by atoms with E-state index in [0.29, 0.717) is 5.17 Å². The molecule has 0 radical (unpaired) electrons. The highest BCUT2D eigenvalue weighted by Crippen LogP contribution is 2.16. The molecular weight excluding hydrogens is 195 g/mol. The number of hydrazine groups is 1. The van der Waals surface area contributed by atoms with Gasteiger partial charge in [0.2, 0.25) is 0 Å². The van der Waals surface area contributed by atoms with E-state index in [0.717, 1.165) is 0 Å². The topological polar surface area (TPSA) is 70.7 Å². The number of nitrogens with one attached hydrogen (secondary N) is 2. The van der Waals surface area contributed by atoms with E-state index in [9.17, 15) is 22.8 Å². The van der Waals surface area contributed by atoms with Crippen molar-refractivity contribution in [3.63, 3.8) is 0 Å². The fraction of sp³-hybridized carbons (Fsp3) is 0.500. The second-order valence-electron chi connectivity index (χ2n) is 2.03. The molecule has 2 N–H and O–H groups in total. The van der Waals surface area contributed by atoms with Crippen LogP contribution in [0.2, 0.25) is 0 Å². The quantitative estimate of drug-likeness (QED) is 0.596. The Balaban J connectivity index is 2.42. The first-order chi connectivity index (χ1) is 5.89. The molecule has 13 heavy (non-hydrogen) atoms. The standard InChI is InChI=1S/C4H4F3N3O3/c5-4(6,7)2(11)13-10-1-8-3(12)9-10/h1H2,(H2,8,9,12). The van der Waals surface area contributed by atoms with Crippen LogP contribution in [0.4, 0.5) is 18.0 Å². The van der Waals surface area contributed by atoms with Crippen molar-refractivity contribution in [2.24, 2.45) is 0 Å². The predicted molar refractivity (Wildman–Crippen MR) is 30.5 cm³/mol. The molecule has 0 bridgehead atoms. The summed E-state index contributed by atoms with van der Waals surface area (Å²) in [7, 11) is 0. The second-order valence-corrected chi connectivity index (χ2v) is 2.03. The summed E-state index contributed by atoms with van der Waals surface area (Å²) in [5.41, 5.74) is 1.80. The Bertz CT molecular complexity index is 241. The monoisotopic (exact) mass is 199 g/mol. The van der Waals surface area contributed by atoms with E-state index in [4.69, 9.17) is 0 Å². The highest BCUT2D eigenvalue weighted by molar-refractivity contribution is 5.77. The van der Waals surface area contributed by atoms with Crippen molar-refractivity contribution in [1.82, 2.24) is 15.9 Å². The van der Waals surface area contributed by atoms with Gasteiger partial charge < -0.3 is 10.2 Å². The molecule has 0 aromatic rings. The third-order valence-corrected chi connectivity index (χ3v) is 1.03. The van der Waals surface area contributed by atoms with Gasteiger partial charge in [-0.1, -0.05) is 0 Å². The van der Waals surface area contributed by atoms with Crippen LogP contribution < -0.4 is 10.7 Å². The van der Waals surface area contributed by atoms with Gasteiger partial charge in [0.15, 0.2) is 0 Å². The van der Waals surface area contributed by atoms with Crippen LogP contribution in [0.15, 0.2) is 0 Å². The first kappa shape index (κ1) is 9.58. The maximum absolute atomic E-state index is 11.6. The number of hydrogen-bond acceptors (Lipinski definition) is 4. The van der Waals surface area contributed by atoms with Gasteiger partial charge in [-0.05, 0) is 5.17 Å². The lowest BCUT2D eigenvalue weighted by Crippen LogP contribution is -2.39. The van der Waals surface area contributed by atoms with Crippen LogP contribution in [0.5, 0.6) is 0 Å². The van der Waals surface area contributed by atoms with Crippen molar-refractivity contribution in [3.05, 3.63) is 0 Å². The number of halogens is 3. The number of nitrogens with zero attached hydrogens (tertiary/aromatic N) is 1. The Hall–Kier alpha value is -1.51. The molecule has 2 amide bonds. The number of hydrogen-bond donors (Lipinski definition) is 2. The number of rotatable bonds is 1. The molecule has 1 aliphatic heterocycles. The molecule has 0 aromatic carbocycles. The first-order valence-electron chi connectivity index (χ1n) is 3.01.